The molecule has 2 heteroatoms. The van der Waals surface area contributed by atoms with Gasteiger partial charge in [-0.05, 0) is 26.7 Å². The summed E-state index contributed by atoms with van der Waals surface area (Å²) in [6.45, 7) is 8.29. The Hall–Kier alpha value is -0.0800. The van der Waals surface area contributed by atoms with Gasteiger partial charge in [0.15, 0.2) is 0 Å². The fourth-order valence-corrected chi connectivity index (χ4v) is 2.76. The molecule has 1 aliphatic carbocycles. The van der Waals surface area contributed by atoms with Gasteiger partial charge in [-0.1, -0.05) is 12.8 Å². The largest absolute Gasteiger partial charge is 0.309 e. The fraction of sp³-hybridized carbons (Fsp3) is 1.00. The van der Waals surface area contributed by atoms with Crippen LogP contribution in [0.25, 0.3) is 0 Å². The first-order valence-electron chi connectivity index (χ1n) is 5.66. The van der Waals surface area contributed by atoms with Gasteiger partial charge in [0.25, 0.3) is 0 Å². The number of nitrogens with one attached hydrogen (secondary N) is 1. The molecule has 0 aromatic heterocycles. The van der Waals surface area contributed by atoms with Gasteiger partial charge in [-0.2, -0.15) is 0 Å². The molecule has 0 spiro atoms. The van der Waals surface area contributed by atoms with Crippen LogP contribution in [-0.4, -0.2) is 36.1 Å². The first-order valence-corrected chi connectivity index (χ1v) is 5.66. The zero-order valence-electron chi connectivity index (χ0n) is 8.97. The average Bonchev–Trinajstić information content (AvgIpc) is 2.53. The highest BCUT2D eigenvalue weighted by atomic mass is 15.2. The van der Waals surface area contributed by atoms with E-state index in [1.165, 1.54) is 45.3 Å². The summed E-state index contributed by atoms with van der Waals surface area (Å²) in [6, 6.07) is 0.904. The van der Waals surface area contributed by atoms with E-state index in [-0.39, 0.29) is 0 Å². The molecule has 0 unspecified atom stereocenters. The molecule has 1 saturated carbocycles. The van der Waals surface area contributed by atoms with Crippen LogP contribution in [0.3, 0.4) is 0 Å². The Kier molecular flexibility index (Phi) is 2.61. The predicted octanol–water partition coefficient (Wildman–Crippen LogP) is 1.61. The van der Waals surface area contributed by atoms with Gasteiger partial charge in [0.05, 0.1) is 0 Å². The SMILES string of the molecule is CC1(C)CN(C2CCCC2)CCN1. The van der Waals surface area contributed by atoms with Crippen LogP contribution in [0.5, 0.6) is 0 Å². The van der Waals surface area contributed by atoms with Crippen LogP contribution in [0.2, 0.25) is 0 Å². The standard InChI is InChI=1S/C11H22N2/c1-11(2)9-13(8-7-12-11)10-5-3-4-6-10/h10,12H,3-9H2,1-2H3. The summed E-state index contributed by atoms with van der Waals surface area (Å²) in [5.41, 5.74) is 0.334. The molecule has 1 N–H and O–H groups in total. The van der Waals surface area contributed by atoms with Crippen molar-refractivity contribution in [2.24, 2.45) is 0 Å². The summed E-state index contributed by atoms with van der Waals surface area (Å²) in [6.07, 6.45) is 5.79. The van der Waals surface area contributed by atoms with Gasteiger partial charge >= 0.3 is 0 Å². The normalized spacial score (nSPS) is 30.9. The zero-order valence-corrected chi connectivity index (χ0v) is 8.97. The summed E-state index contributed by atoms with van der Waals surface area (Å²) in [7, 11) is 0. The van der Waals surface area contributed by atoms with Gasteiger partial charge < -0.3 is 5.32 Å². The van der Waals surface area contributed by atoms with E-state index in [2.05, 4.69) is 24.1 Å². The second-order valence-electron chi connectivity index (χ2n) is 5.22. The quantitative estimate of drug-likeness (QED) is 0.663. The zero-order chi connectivity index (χ0) is 9.31. The Morgan fingerprint density at radius 1 is 1.23 bits per heavy atom. The Bertz CT molecular complexity index is 171. The van der Waals surface area contributed by atoms with E-state index in [9.17, 15) is 0 Å². The second kappa shape index (κ2) is 3.58. The Morgan fingerprint density at radius 3 is 2.54 bits per heavy atom. The van der Waals surface area contributed by atoms with Crippen LogP contribution in [0.1, 0.15) is 39.5 Å². The number of piperazine rings is 1. The summed E-state index contributed by atoms with van der Waals surface area (Å²) < 4.78 is 0. The molecule has 2 nitrogen and oxygen atoms in total. The molecular weight excluding hydrogens is 160 g/mol. The highest BCUT2D eigenvalue weighted by Crippen LogP contribution is 2.25. The van der Waals surface area contributed by atoms with Crippen molar-refractivity contribution >= 4 is 0 Å². The summed E-state index contributed by atoms with van der Waals surface area (Å²) in [5, 5.41) is 3.57. The lowest BCUT2D eigenvalue weighted by Gasteiger charge is -2.42. The van der Waals surface area contributed by atoms with Gasteiger partial charge in [-0.3, -0.25) is 4.90 Å². The number of hydrogen-bond donors (Lipinski definition) is 1. The van der Waals surface area contributed by atoms with Crippen molar-refractivity contribution in [1.29, 1.82) is 0 Å². The number of rotatable bonds is 1. The van der Waals surface area contributed by atoms with Crippen molar-refractivity contribution in [2.75, 3.05) is 19.6 Å². The van der Waals surface area contributed by atoms with Gasteiger partial charge in [-0.15, -0.1) is 0 Å². The molecule has 2 fully saturated rings. The van der Waals surface area contributed by atoms with Crippen molar-refractivity contribution in [2.45, 2.75) is 51.1 Å². The molecule has 13 heavy (non-hydrogen) atoms. The molecule has 0 aromatic rings. The van der Waals surface area contributed by atoms with E-state index >= 15 is 0 Å². The predicted molar refractivity (Wildman–Crippen MR) is 55.9 cm³/mol. The lowest BCUT2D eigenvalue weighted by molar-refractivity contribution is 0.111. The second-order valence-corrected chi connectivity index (χ2v) is 5.22. The molecular formula is C11H22N2. The number of nitrogens with zero attached hydrogens (tertiary/aromatic N) is 1. The topological polar surface area (TPSA) is 15.3 Å². The van der Waals surface area contributed by atoms with E-state index < -0.39 is 0 Å². The van der Waals surface area contributed by atoms with Crippen LogP contribution in [-0.2, 0) is 0 Å². The molecule has 2 aliphatic rings. The minimum Gasteiger partial charge on any atom is -0.309 e. The third-order valence-corrected chi connectivity index (χ3v) is 3.44. The summed E-state index contributed by atoms with van der Waals surface area (Å²) >= 11 is 0. The van der Waals surface area contributed by atoms with E-state index in [0.29, 0.717) is 5.54 Å². The lowest BCUT2D eigenvalue weighted by Crippen LogP contribution is -2.58. The number of hydrogen-bond acceptors (Lipinski definition) is 2. The van der Waals surface area contributed by atoms with Gasteiger partial charge in [0.1, 0.15) is 0 Å². The van der Waals surface area contributed by atoms with E-state index in [1.54, 1.807) is 0 Å². The Morgan fingerprint density at radius 2 is 1.92 bits per heavy atom. The summed E-state index contributed by atoms with van der Waals surface area (Å²) in [4.78, 5) is 2.70. The average molecular weight is 182 g/mol. The van der Waals surface area contributed by atoms with Crippen molar-refractivity contribution in [1.82, 2.24) is 10.2 Å². The van der Waals surface area contributed by atoms with E-state index in [1.807, 2.05) is 0 Å². The molecule has 1 heterocycles. The van der Waals surface area contributed by atoms with E-state index in [4.69, 9.17) is 0 Å². The van der Waals surface area contributed by atoms with Crippen LogP contribution < -0.4 is 5.32 Å². The van der Waals surface area contributed by atoms with E-state index in [0.717, 1.165) is 6.04 Å². The maximum atomic E-state index is 3.57. The summed E-state index contributed by atoms with van der Waals surface area (Å²) in [5.74, 6) is 0. The molecule has 76 valence electrons. The minimum absolute atomic E-state index is 0.334. The third-order valence-electron chi connectivity index (χ3n) is 3.44. The maximum Gasteiger partial charge on any atom is 0.0252 e. The lowest BCUT2D eigenvalue weighted by atomic mass is 10.0. The van der Waals surface area contributed by atoms with Crippen LogP contribution in [0.15, 0.2) is 0 Å². The first-order chi connectivity index (χ1) is 6.17. The Balaban J connectivity index is 1.91. The van der Waals surface area contributed by atoms with Gasteiger partial charge in [-0.25, -0.2) is 0 Å². The van der Waals surface area contributed by atoms with Crippen molar-refractivity contribution in [3.8, 4) is 0 Å². The Labute approximate surface area is 81.7 Å². The highest BCUT2D eigenvalue weighted by molar-refractivity contribution is 4.90. The van der Waals surface area contributed by atoms with Crippen molar-refractivity contribution in [3.63, 3.8) is 0 Å². The molecule has 1 aliphatic heterocycles. The molecule has 0 bridgehead atoms. The maximum absolute atomic E-state index is 3.57. The van der Waals surface area contributed by atoms with Gasteiger partial charge in [0, 0.05) is 31.2 Å². The van der Waals surface area contributed by atoms with Crippen LogP contribution in [0.4, 0.5) is 0 Å². The third kappa shape index (κ3) is 2.23. The highest BCUT2D eigenvalue weighted by Gasteiger charge is 2.31. The van der Waals surface area contributed by atoms with Gasteiger partial charge in [0.2, 0.25) is 0 Å². The van der Waals surface area contributed by atoms with Crippen molar-refractivity contribution in [3.05, 3.63) is 0 Å². The molecule has 0 radical (unpaired) electrons. The molecule has 0 atom stereocenters. The molecule has 2 rings (SSSR count). The van der Waals surface area contributed by atoms with Crippen LogP contribution >= 0.6 is 0 Å². The molecule has 1 saturated heterocycles. The minimum atomic E-state index is 0.334. The smallest absolute Gasteiger partial charge is 0.0252 e. The molecule has 0 amide bonds. The monoisotopic (exact) mass is 182 g/mol. The molecule has 0 aromatic carbocycles. The van der Waals surface area contributed by atoms with Crippen molar-refractivity contribution < 1.29 is 0 Å². The fourth-order valence-electron chi connectivity index (χ4n) is 2.76. The first kappa shape index (κ1) is 9.47. The van der Waals surface area contributed by atoms with Crippen LogP contribution in [0, 0.1) is 0 Å².